The minimum absolute atomic E-state index is 0.0538. The number of anilines is 1. The zero-order valence-corrected chi connectivity index (χ0v) is 16.5. The number of hydrogen-bond donors (Lipinski definition) is 1. The van der Waals surface area contributed by atoms with Crippen molar-refractivity contribution in [2.75, 3.05) is 31.6 Å². The van der Waals surface area contributed by atoms with Crippen LogP contribution in [0.25, 0.3) is 0 Å². The molecular formula is C20H21FN2O5S. The van der Waals surface area contributed by atoms with E-state index in [1.807, 2.05) is 0 Å². The van der Waals surface area contributed by atoms with E-state index in [4.69, 9.17) is 9.47 Å². The highest BCUT2D eigenvalue weighted by atomic mass is 32.2. The Morgan fingerprint density at radius 3 is 2.34 bits per heavy atom. The van der Waals surface area contributed by atoms with Crippen LogP contribution >= 0.6 is 0 Å². The number of halogens is 1. The predicted molar refractivity (Wildman–Crippen MR) is 104 cm³/mol. The van der Waals surface area contributed by atoms with Gasteiger partial charge < -0.3 is 14.8 Å². The van der Waals surface area contributed by atoms with E-state index < -0.39 is 15.8 Å². The van der Waals surface area contributed by atoms with Crippen molar-refractivity contribution in [1.82, 2.24) is 4.31 Å². The third-order valence-corrected chi connectivity index (χ3v) is 7.00. The molecule has 2 aromatic rings. The lowest BCUT2D eigenvalue weighted by atomic mass is 9.97. The van der Waals surface area contributed by atoms with E-state index in [-0.39, 0.29) is 29.8 Å². The second kappa shape index (κ2) is 8.00. The monoisotopic (exact) mass is 420 g/mol. The fourth-order valence-corrected chi connectivity index (χ4v) is 4.95. The molecule has 1 N–H and O–H groups in total. The number of sulfonamides is 1. The van der Waals surface area contributed by atoms with Crippen LogP contribution in [0, 0.1) is 11.7 Å². The molecule has 0 aromatic heterocycles. The first-order valence-corrected chi connectivity index (χ1v) is 10.8. The van der Waals surface area contributed by atoms with Crippen molar-refractivity contribution in [3.63, 3.8) is 0 Å². The van der Waals surface area contributed by atoms with Gasteiger partial charge in [-0.2, -0.15) is 4.31 Å². The van der Waals surface area contributed by atoms with Gasteiger partial charge in [-0.15, -0.1) is 0 Å². The van der Waals surface area contributed by atoms with Gasteiger partial charge in [-0.05, 0) is 49.2 Å². The molecule has 0 radical (unpaired) electrons. The topological polar surface area (TPSA) is 84.9 Å². The van der Waals surface area contributed by atoms with Crippen LogP contribution in [-0.2, 0) is 14.8 Å². The molecule has 0 unspecified atom stereocenters. The van der Waals surface area contributed by atoms with Crippen LogP contribution < -0.4 is 14.8 Å². The Bertz CT molecular complexity index is 1000. The van der Waals surface area contributed by atoms with E-state index in [1.54, 1.807) is 18.2 Å². The number of carbonyl (C=O) groups is 1. The Morgan fingerprint density at radius 1 is 1.00 bits per heavy atom. The first-order chi connectivity index (χ1) is 13.9. The zero-order valence-electron chi connectivity index (χ0n) is 15.6. The summed E-state index contributed by atoms with van der Waals surface area (Å²) in [7, 11) is -3.69. The molecule has 2 aliphatic heterocycles. The van der Waals surface area contributed by atoms with E-state index in [1.165, 1.54) is 16.4 Å². The number of fused-ring (bicyclic) bond motifs is 1. The molecule has 7 nitrogen and oxygen atoms in total. The lowest BCUT2D eigenvalue weighted by molar-refractivity contribution is -0.120. The number of piperidine rings is 1. The molecular weight excluding hydrogens is 399 g/mol. The van der Waals surface area contributed by atoms with Gasteiger partial charge in [0.15, 0.2) is 11.5 Å². The summed E-state index contributed by atoms with van der Waals surface area (Å²) in [5.74, 6) is 0.310. The molecule has 1 saturated heterocycles. The van der Waals surface area contributed by atoms with Gasteiger partial charge in [0.25, 0.3) is 0 Å². The van der Waals surface area contributed by atoms with Crippen LogP contribution in [0.15, 0.2) is 47.4 Å². The van der Waals surface area contributed by atoms with Gasteiger partial charge in [0.05, 0.1) is 4.90 Å². The Hall–Kier alpha value is -2.65. The maximum atomic E-state index is 13.1. The summed E-state index contributed by atoms with van der Waals surface area (Å²) in [6.45, 7) is 1.43. The summed E-state index contributed by atoms with van der Waals surface area (Å²) in [6.07, 6.45) is 0.827. The summed E-state index contributed by atoms with van der Waals surface area (Å²) in [6, 6.07) is 9.99. The highest BCUT2D eigenvalue weighted by molar-refractivity contribution is 7.89. The number of carbonyl (C=O) groups excluding carboxylic acids is 1. The van der Waals surface area contributed by atoms with Crippen molar-refractivity contribution in [2.45, 2.75) is 17.7 Å². The van der Waals surface area contributed by atoms with Crippen LogP contribution in [-0.4, -0.2) is 44.9 Å². The summed E-state index contributed by atoms with van der Waals surface area (Å²) in [4.78, 5) is 12.7. The number of nitrogens with zero attached hydrogens (tertiary/aromatic N) is 1. The summed E-state index contributed by atoms with van der Waals surface area (Å²) >= 11 is 0. The lowest BCUT2D eigenvalue weighted by Crippen LogP contribution is -2.41. The number of rotatable bonds is 4. The largest absolute Gasteiger partial charge is 0.486 e. The molecule has 1 amide bonds. The number of ether oxygens (including phenoxy) is 2. The predicted octanol–water partition coefficient (Wildman–Crippen LogP) is 2.64. The summed E-state index contributed by atoms with van der Waals surface area (Å²) < 4.78 is 50.7. The van der Waals surface area contributed by atoms with Gasteiger partial charge in [0.1, 0.15) is 19.0 Å². The molecule has 2 aromatic carbocycles. The van der Waals surface area contributed by atoms with Gasteiger partial charge in [-0.1, -0.05) is 0 Å². The van der Waals surface area contributed by atoms with Gasteiger partial charge in [0.2, 0.25) is 15.9 Å². The first-order valence-electron chi connectivity index (χ1n) is 9.40. The smallest absolute Gasteiger partial charge is 0.243 e. The van der Waals surface area contributed by atoms with Crippen molar-refractivity contribution in [2.24, 2.45) is 5.92 Å². The Kier molecular flexibility index (Phi) is 5.42. The Balaban J connectivity index is 1.36. The van der Waals surface area contributed by atoms with E-state index in [0.29, 0.717) is 43.2 Å². The molecule has 154 valence electrons. The summed E-state index contributed by atoms with van der Waals surface area (Å²) in [5.41, 5.74) is 0.612. The summed E-state index contributed by atoms with van der Waals surface area (Å²) in [5, 5.41) is 2.87. The second-order valence-electron chi connectivity index (χ2n) is 6.98. The van der Waals surface area contributed by atoms with Crippen LogP contribution in [0.1, 0.15) is 12.8 Å². The average Bonchev–Trinajstić information content (AvgIpc) is 2.74. The molecule has 0 saturated carbocycles. The molecule has 0 bridgehead atoms. The molecule has 4 rings (SSSR count). The van der Waals surface area contributed by atoms with Gasteiger partial charge in [-0.3, -0.25) is 4.79 Å². The quantitative estimate of drug-likeness (QED) is 0.822. The van der Waals surface area contributed by atoms with Gasteiger partial charge >= 0.3 is 0 Å². The van der Waals surface area contributed by atoms with Crippen molar-refractivity contribution in [3.05, 3.63) is 48.3 Å². The fourth-order valence-electron chi connectivity index (χ4n) is 3.48. The van der Waals surface area contributed by atoms with Crippen molar-refractivity contribution < 1.29 is 27.1 Å². The van der Waals surface area contributed by atoms with E-state index in [9.17, 15) is 17.6 Å². The number of hydrogen-bond acceptors (Lipinski definition) is 5. The third kappa shape index (κ3) is 4.20. The van der Waals surface area contributed by atoms with Crippen molar-refractivity contribution >= 4 is 21.6 Å². The zero-order chi connectivity index (χ0) is 20.4. The van der Waals surface area contributed by atoms with Crippen LogP contribution in [0.5, 0.6) is 11.5 Å². The average molecular weight is 420 g/mol. The van der Waals surface area contributed by atoms with E-state index in [0.717, 1.165) is 12.1 Å². The third-order valence-electron chi connectivity index (χ3n) is 5.09. The molecule has 0 aliphatic carbocycles. The van der Waals surface area contributed by atoms with Gasteiger partial charge in [-0.25, -0.2) is 12.8 Å². The molecule has 0 spiro atoms. The minimum Gasteiger partial charge on any atom is -0.486 e. The number of benzene rings is 2. The van der Waals surface area contributed by atoms with Crippen LogP contribution in [0.4, 0.5) is 10.1 Å². The fraction of sp³-hybridized carbons (Fsp3) is 0.350. The Labute approximate surface area is 168 Å². The molecule has 9 heteroatoms. The number of nitrogens with one attached hydrogen (secondary N) is 1. The molecule has 1 fully saturated rings. The highest BCUT2D eigenvalue weighted by Crippen LogP contribution is 2.33. The van der Waals surface area contributed by atoms with Crippen LogP contribution in [0.2, 0.25) is 0 Å². The molecule has 2 aliphatic rings. The first kappa shape index (κ1) is 19.7. The maximum absolute atomic E-state index is 13.1. The molecule has 0 atom stereocenters. The normalized spacial score (nSPS) is 17.7. The molecule has 29 heavy (non-hydrogen) atoms. The molecule has 2 heterocycles. The Morgan fingerprint density at radius 2 is 1.66 bits per heavy atom. The number of amides is 1. The maximum Gasteiger partial charge on any atom is 0.243 e. The van der Waals surface area contributed by atoms with Crippen LogP contribution in [0.3, 0.4) is 0 Å². The SMILES string of the molecule is O=C(Nc1ccc2c(c1)OCCO2)C1CCN(S(=O)(=O)c2ccc(F)cc2)CC1. The standard InChI is InChI=1S/C20H21FN2O5S/c21-15-1-4-17(5-2-15)29(25,26)23-9-7-14(8-10-23)20(24)22-16-3-6-18-19(13-16)28-12-11-27-18/h1-6,13-14H,7-12H2,(H,22,24). The minimum atomic E-state index is -3.69. The van der Waals surface area contributed by atoms with E-state index >= 15 is 0 Å². The highest BCUT2D eigenvalue weighted by Gasteiger charge is 2.32. The van der Waals surface area contributed by atoms with E-state index in [2.05, 4.69) is 5.32 Å². The lowest BCUT2D eigenvalue weighted by Gasteiger charge is -2.30. The second-order valence-corrected chi connectivity index (χ2v) is 8.92. The van der Waals surface area contributed by atoms with Gasteiger partial charge in [0, 0.05) is 30.8 Å². The van der Waals surface area contributed by atoms with Crippen molar-refractivity contribution in [3.8, 4) is 11.5 Å². The van der Waals surface area contributed by atoms with Crippen molar-refractivity contribution in [1.29, 1.82) is 0 Å².